The fourth-order valence-corrected chi connectivity index (χ4v) is 3.33. The van der Waals surface area contributed by atoms with Crippen LogP contribution >= 0.6 is 0 Å². The van der Waals surface area contributed by atoms with E-state index < -0.39 is 0 Å². The quantitative estimate of drug-likeness (QED) is 0.776. The van der Waals surface area contributed by atoms with Gasteiger partial charge in [0.05, 0.1) is 0 Å². The van der Waals surface area contributed by atoms with E-state index in [9.17, 15) is 0 Å². The van der Waals surface area contributed by atoms with Gasteiger partial charge in [-0.2, -0.15) is 0 Å². The van der Waals surface area contributed by atoms with E-state index in [1.165, 1.54) is 58.5 Å². The van der Waals surface area contributed by atoms with Gasteiger partial charge < -0.3 is 15.1 Å². The molecule has 0 aromatic heterocycles. The van der Waals surface area contributed by atoms with Gasteiger partial charge in [0.2, 0.25) is 0 Å². The van der Waals surface area contributed by atoms with Crippen molar-refractivity contribution >= 4 is 0 Å². The summed E-state index contributed by atoms with van der Waals surface area (Å²) in [6.07, 6.45) is 4.19. The Kier molecular flexibility index (Phi) is 5.46. The van der Waals surface area contributed by atoms with E-state index in [1.807, 2.05) is 0 Å². The van der Waals surface area contributed by atoms with E-state index in [1.54, 1.807) is 0 Å². The zero-order chi connectivity index (χ0) is 13.0. The van der Waals surface area contributed by atoms with Gasteiger partial charge in [0.1, 0.15) is 0 Å². The summed E-state index contributed by atoms with van der Waals surface area (Å²) in [5.41, 5.74) is 0. The summed E-state index contributed by atoms with van der Waals surface area (Å²) >= 11 is 0. The first-order valence-electron chi connectivity index (χ1n) is 7.78. The lowest BCUT2D eigenvalue weighted by Crippen LogP contribution is -2.38. The van der Waals surface area contributed by atoms with Crippen LogP contribution in [-0.2, 0) is 0 Å². The molecular formula is C15H31N3. The molecule has 0 aromatic carbocycles. The number of likely N-dealkylation sites (tertiary alicyclic amines) is 2. The maximum absolute atomic E-state index is 3.61. The molecule has 2 fully saturated rings. The molecule has 2 saturated heterocycles. The van der Waals surface area contributed by atoms with Crippen LogP contribution in [0.25, 0.3) is 0 Å². The number of likely N-dealkylation sites (N-methyl/N-ethyl adjacent to an activating group) is 1. The molecule has 106 valence electrons. The normalized spacial score (nSPS) is 30.7. The number of nitrogens with one attached hydrogen (secondary N) is 1. The molecule has 3 heteroatoms. The average Bonchev–Trinajstić information content (AvgIpc) is 2.90. The Morgan fingerprint density at radius 1 is 1.22 bits per heavy atom. The summed E-state index contributed by atoms with van der Waals surface area (Å²) in [6.45, 7) is 12.2. The van der Waals surface area contributed by atoms with Gasteiger partial charge in [-0.15, -0.1) is 0 Å². The first-order chi connectivity index (χ1) is 8.65. The van der Waals surface area contributed by atoms with Gasteiger partial charge in [-0.25, -0.2) is 0 Å². The molecule has 2 aliphatic rings. The largest absolute Gasteiger partial charge is 0.316 e. The van der Waals surface area contributed by atoms with E-state index in [0.717, 1.165) is 17.9 Å². The molecule has 0 amide bonds. The zero-order valence-corrected chi connectivity index (χ0v) is 12.5. The molecule has 2 rings (SSSR count). The maximum atomic E-state index is 3.61. The van der Waals surface area contributed by atoms with Crippen LogP contribution in [0, 0.1) is 11.8 Å². The van der Waals surface area contributed by atoms with Gasteiger partial charge in [0, 0.05) is 19.1 Å². The second-order valence-corrected chi connectivity index (χ2v) is 6.74. The van der Waals surface area contributed by atoms with Crippen LogP contribution in [0.5, 0.6) is 0 Å². The second kappa shape index (κ2) is 6.88. The minimum atomic E-state index is 0.773. The highest BCUT2D eigenvalue weighted by atomic mass is 15.2. The van der Waals surface area contributed by atoms with E-state index in [2.05, 4.69) is 36.0 Å². The van der Waals surface area contributed by atoms with Crippen LogP contribution in [0.2, 0.25) is 0 Å². The molecule has 2 unspecified atom stereocenters. The lowest BCUT2D eigenvalue weighted by Gasteiger charge is -2.25. The zero-order valence-electron chi connectivity index (χ0n) is 12.5. The molecule has 1 N–H and O–H groups in total. The van der Waals surface area contributed by atoms with E-state index >= 15 is 0 Å². The third kappa shape index (κ3) is 4.22. The minimum Gasteiger partial charge on any atom is -0.316 e. The first-order valence-corrected chi connectivity index (χ1v) is 7.78. The van der Waals surface area contributed by atoms with Crippen LogP contribution < -0.4 is 5.32 Å². The van der Waals surface area contributed by atoms with Crippen molar-refractivity contribution in [3.8, 4) is 0 Å². The van der Waals surface area contributed by atoms with Crippen LogP contribution in [0.4, 0.5) is 0 Å². The van der Waals surface area contributed by atoms with Gasteiger partial charge >= 0.3 is 0 Å². The number of hydrogen-bond acceptors (Lipinski definition) is 3. The van der Waals surface area contributed by atoms with Crippen molar-refractivity contribution in [2.45, 2.75) is 39.2 Å². The second-order valence-electron chi connectivity index (χ2n) is 6.74. The Bertz CT molecular complexity index is 242. The maximum Gasteiger partial charge on any atom is 0.0220 e. The van der Waals surface area contributed by atoms with Crippen LogP contribution in [-0.4, -0.2) is 62.2 Å². The van der Waals surface area contributed by atoms with Crippen LogP contribution in [0.15, 0.2) is 0 Å². The minimum absolute atomic E-state index is 0.773. The Morgan fingerprint density at radius 3 is 2.72 bits per heavy atom. The van der Waals surface area contributed by atoms with Crippen molar-refractivity contribution in [3.05, 3.63) is 0 Å². The molecule has 18 heavy (non-hydrogen) atoms. The van der Waals surface area contributed by atoms with Crippen LogP contribution in [0.3, 0.4) is 0 Å². The Balaban J connectivity index is 1.62. The van der Waals surface area contributed by atoms with Gasteiger partial charge in [0.25, 0.3) is 0 Å². The fourth-order valence-electron chi connectivity index (χ4n) is 3.33. The Morgan fingerprint density at radius 2 is 2.06 bits per heavy atom. The summed E-state index contributed by atoms with van der Waals surface area (Å²) in [6, 6.07) is 0.826. The Hall–Kier alpha value is -0.120. The van der Waals surface area contributed by atoms with Crippen molar-refractivity contribution in [1.82, 2.24) is 15.1 Å². The lowest BCUT2D eigenvalue weighted by atomic mass is 10.1. The summed E-state index contributed by atoms with van der Waals surface area (Å²) in [5, 5.41) is 3.61. The summed E-state index contributed by atoms with van der Waals surface area (Å²) in [7, 11) is 2.29. The average molecular weight is 253 g/mol. The number of nitrogens with zero attached hydrogens (tertiary/aromatic N) is 2. The molecular weight excluding hydrogens is 222 g/mol. The standard InChI is InChI=1S/C15H31N3/c1-13(2)9-16-10-14-6-8-18(11-14)12-15-5-4-7-17(15)3/h13-16H,4-12H2,1-3H3. The summed E-state index contributed by atoms with van der Waals surface area (Å²) in [4.78, 5) is 5.23. The SMILES string of the molecule is CC(C)CNCC1CCN(CC2CCCN2C)C1. The van der Waals surface area contributed by atoms with Gasteiger partial charge in [-0.3, -0.25) is 0 Å². The smallest absolute Gasteiger partial charge is 0.0220 e. The summed E-state index contributed by atoms with van der Waals surface area (Å²) < 4.78 is 0. The molecule has 2 heterocycles. The number of rotatable bonds is 6. The fraction of sp³-hybridized carbons (Fsp3) is 1.00. The topological polar surface area (TPSA) is 18.5 Å². The van der Waals surface area contributed by atoms with Crippen LogP contribution in [0.1, 0.15) is 33.1 Å². The highest BCUT2D eigenvalue weighted by Gasteiger charge is 2.27. The number of hydrogen-bond donors (Lipinski definition) is 1. The predicted molar refractivity (Wildman–Crippen MR) is 77.9 cm³/mol. The molecule has 0 bridgehead atoms. The van der Waals surface area contributed by atoms with E-state index in [4.69, 9.17) is 0 Å². The molecule has 0 aliphatic carbocycles. The molecule has 2 atom stereocenters. The third-order valence-electron chi connectivity index (χ3n) is 4.50. The molecule has 0 aromatic rings. The van der Waals surface area contributed by atoms with E-state index in [-0.39, 0.29) is 0 Å². The third-order valence-corrected chi connectivity index (χ3v) is 4.50. The Labute approximate surface area is 113 Å². The van der Waals surface area contributed by atoms with Crippen molar-refractivity contribution in [1.29, 1.82) is 0 Å². The van der Waals surface area contributed by atoms with Crippen molar-refractivity contribution < 1.29 is 0 Å². The molecule has 0 spiro atoms. The van der Waals surface area contributed by atoms with Crippen molar-refractivity contribution in [3.63, 3.8) is 0 Å². The first kappa shape index (κ1) is 14.3. The van der Waals surface area contributed by atoms with Crippen molar-refractivity contribution in [2.75, 3.05) is 46.3 Å². The van der Waals surface area contributed by atoms with Gasteiger partial charge in [0.15, 0.2) is 0 Å². The predicted octanol–water partition coefficient (Wildman–Crippen LogP) is 1.65. The lowest BCUT2D eigenvalue weighted by molar-refractivity contribution is 0.215. The highest BCUT2D eigenvalue weighted by molar-refractivity contribution is 4.84. The molecule has 2 aliphatic heterocycles. The molecule has 0 saturated carbocycles. The summed E-state index contributed by atoms with van der Waals surface area (Å²) in [5.74, 6) is 1.66. The molecule has 3 nitrogen and oxygen atoms in total. The highest BCUT2D eigenvalue weighted by Crippen LogP contribution is 2.20. The monoisotopic (exact) mass is 253 g/mol. The van der Waals surface area contributed by atoms with Gasteiger partial charge in [-0.1, -0.05) is 13.8 Å². The van der Waals surface area contributed by atoms with Gasteiger partial charge in [-0.05, 0) is 64.3 Å². The molecule has 0 radical (unpaired) electrons. The van der Waals surface area contributed by atoms with Crippen molar-refractivity contribution in [2.24, 2.45) is 11.8 Å². The van der Waals surface area contributed by atoms with E-state index in [0.29, 0.717) is 0 Å².